The van der Waals surface area contributed by atoms with Crippen molar-refractivity contribution < 1.29 is 18.7 Å². The van der Waals surface area contributed by atoms with Crippen molar-refractivity contribution in [2.75, 3.05) is 12.4 Å². The summed E-state index contributed by atoms with van der Waals surface area (Å²) < 4.78 is 19.2. The average Bonchev–Trinajstić information content (AvgIpc) is 2.70. The second-order valence-electron chi connectivity index (χ2n) is 6.14. The number of carbonyl (C=O) groups excluding carboxylic acids is 2. The van der Waals surface area contributed by atoms with Gasteiger partial charge in [-0.2, -0.15) is 0 Å². The molecule has 1 amide bonds. The first kappa shape index (κ1) is 20.5. The standard InChI is InChI=1S/C20H18FN3O4S/c1-12(18(26)22-14-7-5-6-13(21)10-14)29-20-23-16-9-4-3-8-15(16)19(27)24(20)11-17(25)28-2/h3-10,12H,11H2,1-2H3,(H,22,26)/t12-/m0/s1. The van der Waals surface area contributed by atoms with Crippen LogP contribution in [0.2, 0.25) is 0 Å². The molecule has 1 atom stereocenters. The zero-order valence-electron chi connectivity index (χ0n) is 15.7. The Hall–Kier alpha value is -3.20. The lowest BCUT2D eigenvalue weighted by atomic mass is 10.2. The minimum absolute atomic E-state index is 0.209. The Labute approximate surface area is 169 Å². The molecule has 3 aromatic rings. The van der Waals surface area contributed by atoms with Crippen LogP contribution in [0.5, 0.6) is 0 Å². The van der Waals surface area contributed by atoms with Gasteiger partial charge < -0.3 is 10.1 Å². The van der Waals surface area contributed by atoms with Crippen LogP contribution in [0.25, 0.3) is 10.9 Å². The van der Waals surface area contributed by atoms with Gasteiger partial charge in [0, 0.05) is 5.69 Å². The third kappa shape index (κ3) is 4.80. The monoisotopic (exact) mass is 415 g/mol. The molecule has 1 aromatic heterocycles. The molecule has 7 nitrogen and oxygen atoms in total. The number of nitrogens with one attached hydrogen (secondary N) is 1. The molecule has 0 spiro atoms. The number of halogens is 1. The Bertz CT molecular complexity index is 1130. The van der Waals surface area contributed by atoms with E-state index in [4.69, 9.17) is 0 Å². The van der Waals surface area contributed by atoms with Gasteiger partial charge in [-0.15, -0.1) is 0 Å². The summed E-state index contributed by atoms with van der Waals surface area (Å²) in [4.78, 5) is 41.6. The van der Waals surface area contributed by atoms with E-state index in [1.165, 1.54) is 29.9 Å². The maximum Gasteiger partial charge on any atom is 0.325 e. The number of methoxy groups -OCH3 is 1. The van der Waals surface area contributed by atoms with Gasteiger partial charge in [-0.3, -0.25) is 19.0 Å². The van der Waals surface area contributed by atoms with Crippen molar-refractivity contribution in [3.8, 4) is 0 Å². The number of rotatable bonds is 6. The van der Waals surface area contributed by atoms with Crippen molar-refractivity contribution in [1.82, 2.24) is 9.55 Å². The first-order valence-electron chi connectivity index (χ1n) is 8.68. The molecule has 0 aliphatic rings. The maximum atomic E-state index is 13.3. The fourth-order valence-corrected chi connectivity index (χ4v) is 3.50. The molecule has 0 aliphatic heterocycles. The lowest BCUT2D eigenvalue weighted by Crippen LogP contribution is -2.29. The summed E-state index contributed by atoms with van der Waals surface area (Å²) in [5.41, 5.74) is 0.376. The number of fused-ring (bicyclic) bond motifs is 1. The van der Waals surface area contributed by atoms with Gasteiger partial charge in [0.15, 0.2) is 5.16 Å². The summed E-state index contributed by atoms with van der Waals surface area (Å²) in [6, 6.07) is 12.3. The average molecular weight is 415 g/mol. The number of thioether (sulfide) groups is 1. The van der Waals surface area contributed by atoms with Crippen LogP contribution < -0.4 is 10.9 Å². The van der Waals surface area contributed by atoms with Crippen LogP contribution >= 0.6 is 11.8 Å². The van der Waals surface area contributed by atoms with Crippen molar-refractivity contribution >= 4 is 40.2 Å². The van der Waals surface area contributed by atoms with Crippen LogP contribution in [0.15, 0.2) is 58.5 Å². The number of hydrogen-bond acceptors (Lipinski definition) is 6. The van der Waals surface area contributed by atoms with Gasteiger partial charge in [0.1, 0.15) is 12.4 Å². The van der Waals surface area contributed by atoms with Gasteiger partial charge in [-0.1, -0.05) is 30.0 Å². The Kier molecular flexibility index (Phi) is 6.28. The smallest absolute Gasteiger partial charge is 0.325 e. The molecule has 1 heterocycles. The number of benzene rings is 2. The summed E-state index contributed by atoms with van der Waals surface area (Å²) in [7, 11) is 1.23. The topological polar surface area (TPSA) is 90.3 Å². The Morgan fingerprint density at radius 2 is 2.00 bits per heavy atom. The molecule has 0 fully saturated rings. The van der Waals surface area contributed by atoms with Crippen molar-refractivity contribution in [3.05, 3.63) is 64.7 Å². The first-order chi connectivity index (χ1) is 13.9. The number of anilines is 1. The molecule has 150 valence electrons. The molecule has 2 aromatic carbocycles. The number of para-hydroxylation sites is 1. The van der Waals surface area contributed by atoms with Crippen LogP contribution in [-0.4, -0.2) is 33.8 Å². The zero-order valence-corrected chi connectivity index (χ0v) is 16.5. The second kappa shape index (κ2) is 8.87. The maximum absolute atomic E-state index is 13.3. The fraction of sp³-hybridized carbons (Fsp3) is 0.200. The van der Waals surface area contributed by atoms with E-state index in [-0.39, 0.29) is 11.7 Å². The highest BCUT2D eigenvalue weighted by atomic mass is 32.2. The number of nitrogens with zero attached hydrogens (tertiary/aromatic N) is 2. The van der Waals surface area contributed by atoms with E-state index in [0.717, 1.165) is 11.8 Å². The lowest BCUT2D eigenvalue weighted by Gasteiger charge is -2.16. The Morgan fingerprint density at radius 3 is 2.72 bits per heavy atom. The summed E-state index contributed by atoms with van der Waals surface area (Å²) in [5, 5.41) is 2.52. The molecule has 0 unspecified atom stereocenters. The van der Waals surface area contributed by atoms with Gasteiger partial charge in [0.05, 0.1) is 23.3 Å². The molecule has 0 aliphatic carbocycles. The van der Waals surface area contributed by atoms with Crippen molar-refractivity contribution in [2.45, 2.75) is 23.9 Å². The van der Waals surface area contributed by atoms with Gasteiger partial charge in [-0.05, 0) is 37.3 Å². The fourth-order valence-electron chi connectivity index (χ4n) is 2.59. The van der Waals surface area contributed by atoms with Crippen molar-refractivity contribution in [2.24, 2.45) is 0 Å². The number of aromatic nitrogens is 2. The number of esters is 1. The number of amides is 1. The molecule has 29 heavy (non-hydrogen) atoms. The minimum atomic E-state index is -0.671. The second-order valence-corrected chi connectivity index (χ2v) is 7.45. The largest absolute Gasteiger partial charge is 0.468 e. The molecule has 9 heteroatoms. The number of ether oxygens (including phenoxy) is 1. The summed E-state index contributed by atoms with van der Waals surface area (Å²) >= 11 is 1.02. The molecule has 0 saturated heterocycles. The highest BCUT2D eigenvalue weighted by Gasteiger charge is 2.21. The van der Waals surface area contributed by atoms with Gasteiger partial charge in [-0.25, -0.2) is 9.37 Å². The third-order valence-electron chi connectivity index (χ3n) is 4.09. The van der Waals surface area contributed by atoms with Crippen molar-refractivity contribution in [3.63, 3.8) is 0 Å². The van der Waals surface area contributed by atoms with E-state index in [1.54, 1.807) is 37.3 Å². The molecule has 0 bridgehead atoms. The van der Waals surface area contributed by atoms with E-state index >= 15 is 0 Å². The number of carbonyl (C=O) groups is 2. The first-order valence-corrected chi connectivity index (χ1v) is 9.56. The predicted molar refractivity (Wildman–Crippen MR) is 108 cm³/mol. The molecular weight excluding hydrogens is 397 g/mol. The highest BCUT2D eigenvalue weighted by molar-refractivity contribution is 8.00. The molecule has 3 rings (SSSR count). The van der Waals surface area contributed by atoms with E-state index < -0.39 is 28.5 Å². The molecular formula is C20H18FN3O4S. The van der Waals surface area contributed by atoms with E-state index in [0.29, 0.717) is 16.6 Å². The zero-order chi connectivity index (χ0) is 21.0. The Morgan fingerprint density at radius 1 is 1.24 bits per heavy atom. The minimum Gasteiger partial charge on any atom is -0.468 e. The molecule has 0 radical (unpaired) electrons. The van der Waals surface area contributed by atoms with Crippen LogP contribution in [-0.2, 0) is 20.9 Å². The van der Waals surface area contributed by atoms with Gasteiger partial charge in [0.2, 0.25) is 5.91 Å². The van der Waals surface area contributed by atoms with Gasteiger partial charge in [0.25, 0.3) is 5.56 Å². The molecule has 1 N–H and O–H groups in total. The third-order valence-corrected chi connectivity index (χ3v) is 5.18. The summed E-state index contributed by atoms with van der Waals surface area (Å²) in [5.74, 6) is -1.47. The number of hydrogen-bond donors (Lipinski definition) is 1. The van der Waals surface area contributed by atoms with Gasteiger partial charge >= 0.3 is 5.97 Å². The van der Waals surface area contributed by atoms with Crippen LogP contribution in [0.3, 0.4) is 0 Å². The lowest BCUT2D eigenvalue weighted by molar-refractivity contribution is -0.141. The predicted octanol–water partition coefficient (Wildman–Crippen LogP) is 2.83. The summed E-state index contributed by atoms with van der Waals surface area (Å²) in [6.07, 6.45) is 0. The van der Waals surface area contributed by atoms with Crippen LogP contribution in [0, 0.1) is 5.82 Å². The van der Waals surface area contributed by atoms with E-state index in [1.807, 2.05) is 0 Å². The highest BCUT2D eigenvalue weighted by Crippen LogP contribution is 2.24. The normalized spacial score (nSPS) is 11.8. The van der Waals surface area contributed by atoms with Crippen LogP contribution in [0.4, 0.5) is 10.1 Å². The van der Waals surface area contributed by atoms with E-state index in [9.17, 15) is 18.8 Å². The quantitative estimate of drug-likeness (QED) is 0.378. The van der Waals surface area contributed by atoms with Crippen molar-refractivity contribution in [1.29, 1.82) is 0 Å². The Balaban J connectivity index is 1.91. The molecule has 0 saturated carbocycles. The summed E-state index contributed by atoms with van der Waals surface area (Å²) in [6.45, 7) is 1.30. The SMILES string of the molecule is COC(=O)Cn1c(S[C@@H](C)C(=O)Nc2cccc(F)c2)nc2ccccc2c1=O. The van der Waals surface area contributed by atoms with E-state index in [2.05, 4.69) is 15.0 Å². The van der Waals surface area contributed by atoms with Crippen LogP contribution in [0.1, 0.15) is 6.92 Å².